The molecular formula is C16H15FO3. The van der Waals surface area contributed by atoms with Gasteiger partial charge in [-0.3, -0.25) is 0 Å². The number of carboxylic acid groups (broad SMARTS) is 1. The fraction of sp³-hybridized carbons (Fsp3) is 0.188. The first-order valence-corrected chi connectivity index (χ1v) is 6.25. The van der Waals surface area contributed by atoms with Gasteiger partial charge in [0, 0.05) is 6.42 Å². The summed E-state index contributed by atoms with van der Waals surface area (Å²) < 4.78 is 18.3. The molecule has 0 saturated carbocycles. The molecule has 4 heteroatoms. The molecule has 1 atom stereocenters. The zero-order chi connectivity index (χ0) is 14.5. The number of halogens is 1. The van der Waals surface area contributed by atoms with Crippen molar-refractivity contribution >= 4 is 5.97 Å². The van der Waals surface area contributed by atoms with Gasteiger partial charge in [-0.2, -0.15) is 0 Å². The van der Waals surface area contributed by atoms with Crippen LogP contribution in [0.3, 0.4) is 0 Å². The Morgan fingerprint density at radius 1 is 1.15 bits per heavy atom. The number of rotatable bonds is 5. The van der Waals surface area contributed by atoms with Crippen LogP contribution in [0.25, 0.3) is 0 Å². The highest BCUT2D eigenvalue weighted by molar-refractivity contribution is 5.73. The van der Waals surface area contributed by atoms with Gasteiger partial charge in [0.2, 0.25) is 0 Å². The fourth-order valence-electron chi connectivity index (χ4n) is 1.80. The van der Waals surface area contributed by atoms with Gasteiger partial charge in [0.05, 0.1) is 0 Å². The van der Waals surface area contributed by atoms with Crippen LogP contribution in [0.2, 0.25) is 0 Å². The number of carbonyl (C=O) groups is 1. The zero-order valence-electron chi connectivity index (χ0n) is 11.0. The number of carboxylic acids is 1. The van der Waals surface area contributed by atoms with E-state index in [0.717, 1.165) is 5.56 Å². The lowest BCUT2D eigenvalue weighted by Crippen LogP contribution is -2.29. The third-order valence-corrected chi connectivity index (χ3v) is 2.91. The maximum absolute atomic E-state index is 12.8. The van der Waals surface area contributed by atoms with E-state index in [-0.39, 0.29) is 12.2 Å². The topological polar surface area (TPSA) is 46.5 Å². The van der Waals surface area contributed by atoms with Crippen molar-refractivity contribution in [3.8, 4) is 5.75 Å². The lowest BCUT2D eigenvalue weighted by Gasteiger charge is -2.15. The first-order valence-electron chi connectivity index (χ1n) is 6.25. The second-order valence-electron chi connectivity index (χ2n) is 4.59. The Morgan fingerprint density at radius 2 is 1.75 bits per heavy atom. The molecule has 0 amide bonds. The van der Waals surface area contributed by atoms with Gasteiger partial charge in [0.1, 0.15) is 11.6 Å². The van der Waals surface area contributed by atoms with E-state index in [4.69, 9.17) is 4.74 Å². The van der Waals surface area contributed by atoms with Crippen LogP contribution in [0.5, 0.6) is 5.75 Å². The third-order valence-electron chi connectivity index (χ3n) is 2.91. The van der Waals surface area contributed by atoms with Gasteiger partial charge in [-0.1, -0.05) is 29.8 Å². The van der Waals surface area contributed by atoms with Crippen molar-refractivity contribution in [2.45, 2.75) is 19.4 Å². The Kier molecular flexibility index (Phi) is 4.35. The summed E-state index contributed by atoms with van der Waals surface area (Å²) in [5.74, 6) is -0.889. The van der Waals surface area contributed by atoms with Crippen molar-refractivity contribution in [3.63, 3.8) is 0 Å². The molecule has 2 aromatic rings. The predicted molar refractivity (Wildman–Crippen MR) is 73.3 cm³/mol. The molecular weight excluding hydrogens is 259 g/mol. The van der Waals surface area contributed by atoms with Crippen LogP contribution in [0.15, 0.2) is 48.5 Å². The third kappa shape index (κ3) is 3.82. The largest absolute Gasteiger partial charge is 0.478 e. The molecule has 0 saturated heterocycles. The van der Waals surface area contributed by atoms with E-state index in [2.05, 4.69) is 0 Å². The van der Waals surface area contributed by atoms with Crippen molar-refractivity contribution in [2.75, 3.05) is 0 Å². The SMILES string of the molecule is Cc1ccc(OC(Cc2ccc(F)cc2)C(=O)O)cc1. The van der Waals surface area contributed by atoms with Crippen molar-refractivity contribution in [2.24, 2.45) is 0 Å². The summed E-state index contributed by atoms with van der Waals surface area (Å²) in [4.78, 5) is 11.2. The summed E-state index contributed by atoms with van der Waals surface area (Å²) >= 11 is 0. The Morgan fingerprint density at radius 3 is 2.30 bits per heavy atom. The van der Waals surface area contributed by atoms with Gasteiger partial charge in [-0.05, 0) is 36.8 Å². The molecule has 1 unspecified atom stereocenters. The van der Waals surface area contributed by atoms with E-state index < -0.39 is 12.1 Å². The quantitative estimate of drug-likeness (QED) is 0.910. The molecule has 0 aromatic heterocycles. The summed E-state index contributed by atoms with van der Waals surface area (Å²) in [6, 6.07) is 12.9. The summed E-state index contributed by atoms with van der Waals surface area (Å²) in [6.45, 7) is 1.94. The molecule has 0 spiro atoms. The van der Waals surface area contributed by atoms with Crippen LogP contribution in [0.1, 0.15) is 11.1 Å². The summed E-state index contributed by atoms with van der Waals surface area (Å²) in [5.41, 5.74) is 1.79. The molecule has 104 valence electrons. The number of benzene rings is 2. The monoisotopic (exact) mass is 274 g/mol. The highest BCUT2D eigenvalue weighted by Gasteiger charge is 2.20. The number of aryl methyl sites for hydroxylation is 1. The minimum atomic E-state index is -1.05. The van der Waals surface area contributed by atoms with E-state index in [9.17, 15) is 14.3 Å². The maximum Gasteiger partial charge on any atom is 0.345 e. The average Bonchev–Trinajstić information content (AvgIpc) is 2.42. The van der Waals surface area contributed by atoms with E-state index in [1.165, 1.54) is 12.1 Å². The number of hydrogen-bond acceptors (Lipinski definition) is 2. The van der Waals surface area contributed by atoms with Gasteiger partial charge in [-0.15, -0.1) is 0 Å². The standard InChI is InChI=1S/C16H15FO3/c1-11-2-8-14(9-3-11)20-15(16(18)19)10-12-4-6-13(17)7-5-12/h2-9,15H,10H2,1H3,(H,18,19). The number of hydrogen-bond donors (Lipinski definition) is 1. The normalized spacial score (nSPS) is 11.9. The Hall–Kier alpha value is -2.36. The molecule has 0 radical (unpaired) electrons. The van der Waals surface area contributed by atoms with Gasteiger partial charge in [0.15, 0.2) is 6.10 Å². The van der Waals surface area contributed by atoms with Crippen LogP contribution in [-0.2, 0) is 11.2 Å². The van der Waals surface area contributed by atoms with Crippen molar-refractivity contribution < 1.29 is 19.0 Å². The zero-order valence-corrected chi connectivity index (χ0v) is 11.0. The molecule has 0 heterocycles. The van der Waals surface area contributed by atoms with E-state index in [1.54, 1.807) is 24.3 Å². The van der Waals surface area contributed by atoms with Gasteiger partial charge in [0.25, 0.3) is 0 Å². The van der Waals surface area contributed by atoms with Crippen molar-refractivity contribution in [1.29, 1.82) is 0 Å². The fourth-order valence-corrected chi connectivity index (χ4v) is 1.80. The summed E-state index contributed by atoms with van der Waals surface area (Å²) in [7, 11) is 0. The average molecular weight is 274 g/mol. The molecule has 0 aliphatic heterocycles. The lowest BCUT2D eigenvalue weighted by molar-refractivity contribution is -0.145. The van der Waals surface area contributed by atoms with Crippen molar-refractivity contribution in [3.05, 3.63) is 65.5 Å². The van der Waals surface area contributed by atoms with E-state index in [1.807, 2.05) is 19.1 Å². The second-order valence-corrected chi connectivity index (χ2v) is 4.59. The molecule has 2 rings (SSSR count). The van der Waals surface area contributed by atoms with Crippen LogP contribution in [0, 0.1) is 12.7 Å². The minimum absolute atomic E-state index is 0.184. The van der Waals surface area contributed by atoms with Crippen LogP contribution >= 0.6 is 0 Å². The van der Waals surface area contributed by atoms with Gasteiger partial charge >= 0.3 is 5.97 Å². The molecule has 2 aromatic carbocycles. The van der Waals surface area contributed by atoms with Crippen LogP contribution in [0.4, 0.5) is 4.39 Å². The number of aliphatic carboxylic acids is 1. The minimum Gasteiger partial charge on any atom is -0.478 e. The molecule has 1 N–H and O–H groups in total. The first-order chi connectivity index (χ1) is 9.54. The molecule has 0 aliphatic rings. The molecule has 0 aliphatic carbocycles. The van der Waals surface area contributed by atoms with Gasteiger partial charge in [-0.25, -0.2) is 9.18 Å². The predicted octanol–water partition coefficient (Wildman–Crippen LogP) is 3.21. The summed E-state index contributed by atoms with van der Waals surface area (Å²) in [5, 5.41) is 9.21. The Labute approximate surface area is 116 Å². The Balaban J connectivity index is 2.09. The van der Waals surface area contributed by atoms with Crippen LogP contribution in [-0.4, -0.2) is 17.2 Å². The Bertz CT molecular complexity index is 528. The van der Waals surface area contributed by atoms with Gasteiger partial charge < -0.3 is 9.84 Å². The molecule has 3 nitrogen and oxygen atoms in total. The molecule has 20 heavy (non-hydrogen) atoms. The first kappa shape index (κ1) is 14.1. The lowest BCUT2D eigenvalue weighted by atomic mass is 10.1. The summed E-state index contributed by atoms with van der Waals surface area (Å²) in [6.07, 6.45) is -0.813. The van der Waals surface area contributed by atoms with Crippen molar-refractivity contribution in [1.82, 2.24) is 0 Å². The molecule has 0 bridgehead atoms. The molecule has 0 fully saturated rings. The van der Waals surface area contributed by atoms with E-state index in [0.29, 0.717) is 11.3 Å². The number of ether oxygens (including phenoxy) is 1. The maximum atomic E-state index is 12.8. The van der Waals surface area contributed by atoms with E-state index >= 15 is 0 Å². The van der Waals surface area contributed by atoms with Crippen LogP contribution < -0.4 is 4.74 Å². The highest BCUT2D eigenvalue weighted by atomic mass is 19.1. The highest BCUT2D eigenvalue weighted by Crippen LogP contribution is 2.16. The smallest absolute Gasteiger partial charge is 0.345 e. The second kappa shape index (κ2) is 6.19.